The monoisotopic (exact) mass is 608 g/mol. The van der Waals surface area contributed by atoms with Gasteiger partial charge in [-0.05, 0) is 84.1 Å². The van der Waals surface area contributed by atoms with Crippen LogP contribution in [-0.4, -0.2) is 41.0 Å². The Balaban J connectivity index is 1.39. The van der Waals surface area contributed by atoms with Crippen LogP contribution in [-0.2, 0) is 17.5 Å². The van der Waals surface area contributed by atoms with Crippen molar-refractivity contribution in [3.05, 3.63) is 99.6 Å². The number of amides is 2. The molecule has 222 valence electrons. The Labute approximate surface area is 249 Å². The third-order valence-corrected chi connectivity index (χ3v) is 8.79. The van der Waals surface area contributed by atoms with E-state index in [2.05, 4.69) is 10.3 Å². The second-order valence-corrected chi connectivity index (χ2v) is 11.4. The largest absolute Gasteiger partial charge is 0.417 e. The van der Waals surface area contributed by atoms with Crippen LogP contribution >= 0.6 is 11.3 Å². The van der Waals surface area contributed by atoms with E-state index in [0.717, 1.165) is 16.5 Å². The third kappa shape index (κ3) is 6.61. The van der Waals surface area contributed by atoms with Gasteiger partial charge in [0.15, 0.2) is 0 Å². The normalized spacial score (nSPS) is 13.8. The Hall–Kier alpha value is -4.51. The zero-order valence-corrected chi connectivity index (χ0v) is 24.2. The summed E-state index contributed by atoms with van der Waals surface area (Å²) in [7, 11) is 0. The summed E-state index contributed by atoms with van der Waals surface area (Å²) >= 11 is 1.21. The first-order valence-corrected chi connectivity index (χ1v) is 14.2. The molecular formula is C32H28F4N4O2S. The smallest absolute Gasteiger partial charge is 0.384 e. The van der Waals surface area contributed by atoms with Gasteiger partial charge in [-0.3, -0.25) is 9.59 Å². The van der Waals surface area contributed by atoms with Gasteiger partial charge in [-0.2, -0.15) is 13.2 Å². The van der Waals surface area contributed by atoms with Gasteiger partial charge in [0.05, 0.1) is 25.2 Å². The molecule has 0 unspecified atom stereocenters. The minimum atomic E-state index is -4.59. The molecule has 1 fully saturated rings. The molecule has 2 aromatic heterocycles. The number of nitrogen functional groups attached to an aromatic ring is 1. The lowest BCUT2D eigenvalue weighted by Gasteiger charge is -2.34. The number of thiophene rings is 1. The second kappa shape index (κ2) is 12.0. The van der Waals surface area contributed by atoms with E-state index in [1.807, 2.05) is 6.92 Å². The average Bonchev–Trinajstić information content (AvgIpc) is 3.25. The summed E-state index contributed by atoms with van der Waals surface area (Å²) in [5.41, 5.74) is 8.62. The highest BCUT2D eigenvalue weighted by atomic mass is 32.1. The van der Waals surface area contributed by atoms with Gasteiger partial charge in [-0.1, -0.05) is 18.2 Å². The Kier molecular flexibility index (Phi) is 8.36. The zero-order valence-electron chi connectivity index (χ0n) is 23.3. The number of hydrogen-bond acceptors (Lipinski definition) is 5. The van der Waals surface area contributed by atoms with Crippen LogP contribution in [0.4, 0.5) is 23.4 Å². The molecule has 0 atom stereocenters. The number of rotatable bonds is 7. The van der Waals surface area contributed by atoms with Crippen LogP contribution in [0.1, 0.15) is 37.5 Å². The van der Waals surface area contributed by atoms with Crippen molar-refractivity contribution in [3.63, 3.8) is 0 Å². The number of nitrogens with two attached hydrogens (primary N) is 1. The fourth-order valence-electron chi connectivity index (χ4n) is 4.73. The molecule has 0 radical (unpaired) electrons. The maximum absolute atomic E-state index is 14.2. The molecule has 3 N–H and O–H groups in total. The number of carbonyl (C=O) groups excluding carboxylic acids is 2. The fraction of sp³-hybridized carbons (Fsp3) is 0.219. The molecule has 2 amide bonds. The van der Waals surface area contributed by atoms with Crippen LogP contribution in [0.3, 0.4) is 0 Å². The molecule has 0 bridgehead atoms. The molecule has 11 heteroatoms. The van der Waals surface area contributed by atoms with Gasteiger partial charge < -0.3 is 16.0 Å². The maximum Gasteiger partial charge on any atom is 0.417 e. The van der Waals surface area contributed by atoms with Gasteiger partial charge in [0.1, 0.15) is 12.0 Å². The summed E-state index contributed by atoms with van der Waals surface area (Å²) < 4.78 is 55.6. The molecule has 6 nitrogen and oxygen atoms in total. The molecule has 1 aliphatic rings. The van der Waals surface area contributed by atoms with Crippen molar-refractivity contribution < 1.29 is 27.2 Å². The first-order chi connectivity index (χ1) is 20.4. The van der Waals surface area contributed by atoms with Crippen LogP contribution in [0.2, 0.25) is 0 Å². The Morgan fingerprint density at radius 2 is 1.74 bits per heavy atom. The summed E-state index contributed by atoms with van der Waals surface area (Å²) in [6.45, 7) is 3.86. The molecule has 0 saturated carbocycles. The second-order valence-electron chi connectivity index (χ2n) is 10.3. The van der Waals surface area contributed by atoms with Crippen molar-refractivity contribution in [1.29, 1.82) is 0 Å². The molecular weight excluding hydrogens is 580 g/mol. The molecule has 1 aliphatic heterocycles. The van der Waals surface area contributed by atoms with E-state index < -0.39 is 17.9 Å². The SMILES string of the molecule is Cc1c(CNC(=O)/C=C/c2ccc(N)nc2)sc(-c2cc(-c3ccc(C(=O)N4CC(F)C4)cc3)ccc2C(F)(F)F)c1C. The molecule has 3 heterocycles. The lowest BCUT2D eigenvalue weighted by atomic mass is 9.95. The van der Waals surface area contributed by atoms with E-state index in [9.17, 15) is 27.2 Å². The van der Waals surface area contributed by atoms with Crippen molar-refractivity contribution in [2.75, 3.05) is 18.8 Å². The summed E-state index contributed by atoms with van der Waals surface area (Å²) in [4.78, 5) is 31.5. The van der Waals surface area contributed by atoms with Crippen LogP contribution in [0.25, 0.3) is 27.6 Å². The standard InChI is InChI=1S/C32H28F4N4O2S/c1-18-19(2)30(43-27(18)15-39-29(41)12-4-20-3-11-28(37)38-14-20)25-13-23(9-10-26(25)32(34,35)36)21-5-7-22(8-6-21)31(42)40-16-24(33)17-40/h3-14,24H,15-17H2,1-2H3,(H2,37,38)(H,39,41)/b12-4+. The van der Waals surface area contributed by atoms with E-state index in [-0.39, 0.29) is 37.0 Å². The molecule has 0 spiro atoms. The van der Waals surface area contributed by atoms with E-state index >= 15 is 0 Å². The average molecular weight is 609 g/mol. The van der Waals surface area contributed by atoms with Gasteiger partial charge in [0, 0.05) is 33.2 Å². The number of aromatic nitrogens is 1. The number of nitrogens with one attached hydrogen (secondary N) is 1. The highest BCUT2D eigenvalue weighted by molar-refractivity contribution is 7.16. The van der Waals surface area contributed by atoms with Crippen molar-refractivity contribution in [2.24, 2.45) is 0 Å². The first-order valence-electron chi connectivity index (χ1n) is 13.4. The predicted molar refractivity (Wildman–Crippen MR) is 160 cm³/mol. The van der Waals surface area contributed by atoms with Crippen LogP contribution in [0, 0.1) is 13.8 Å². The molecule has 4 aromatic rings. The number of nitrogens with zero attached hydrogens (tertiary/aromatic N) is 2. The predicted octanol–water partition coefficient (Wildman–Crippen LogP) is 6.82. The number of carbonyl (C=O) groups is 2. The van der Waals surface area contributed by atoms with E-state index in [0.29, 0.717) is 38.5 Å². The lowest BCUT2D eigenvalue weighted by molar-refractivity contribution is -0.137. The van der Waals surface area contributed by atoms with E-state index in [1.165, 1.54) is 40.6 Å². The van der Waals surface area contributed by atoms with Gasteiger partial charge in [0.2, 0.25) is 5.91 Å². The summed E-state index contributed by atoms with van der Waals surface area (Å²) in [5, 5.41) is 2.79. The molecule has 0 aliphatic carbocycles. The minimum absolute atomic E-state index is 0.0404. The number of benzene rings is 2. The van der Waals surface area contributed by atoms with Crippen molar-refractivity contribution >= 4 is 35.0 Å². The molecule has 1 saturated heterocycles. The van der Waals surface area contributed by atoms with Crippen molar-refractivity contribution in [1.82, 2.24) is 15.2 Å². The topological polar surface area (TPSA) is 88.3 Å². The molecule has 43 heavy (non-hydrogen) atoms. The highest BCUT2D eigenvalue weighted by Crippen LogP contribution is 2.44. The number of alkyl halides is 4. The van der Waals surface area contributed by atoms with E-state index in [4.69, 9.17) is 5.73 Å². The number of halogens is 4. The Morgan fingerprint density at radius 1 is 1.05 bits per heavy atom. The Bertz CT molecular complexity index is 1690. The molecule has 2 aromatic carbocycles. The summed E-state index contributed by atoms with van der Waals surface area (Å²) in [6, 6.07) is 13.9. The quantitative estimate of drug-likeness (QED) is 0.178. The minimum Gasteiger partial charge on any atom is -0.384 e. The number of pyridine rings is 1. The molecule has 5 rings (SSSR count). The number of anilines is 1. The Morgan fingerprint density at radius 3 is 2.37 bits per heavy atom. The van der Waals surface area contributed by atoms with Crippen molar-refractivity contribution in [2.45, 2.75) is 32.7 Å². The van der Waals surface area contributed by atoms with Crippen LogP contribution in [0.5, 0.6) is 0 Å². The third-order valence-electron chi connectivity index (χ3n) is 7.37. The van der Waals surface area contributed by atoms with Gasteiger partial charge in [-0.25, -0.2) is 9.37 Å². The van der Waals surface area contributed by atoms with Gasteiger partial charge in [0.25, 0.3) is 5.91 Å². The number of likely N-dealkylation sites (tertiary alicyclic amines) is 1. The van der Waals surface area contributed by atoms with Gasteiger partial charge >= 0.3 is 6.18 Å². The number of hydrogen-bond donors (Lipinski definition) is 2. The van der Waals surface area contributed by atoms with Gasteiger partial charge in [-0.15, -0.1) is 11.3 Å². The lowest BCUT2D eigenvalue weighted by Crippen LogP contribution is -2.51. The maximum atomic E-state index is 14.2. The van der Waals surface area contributed by atoms with Crippen LogP contribution < -0.4 is 11.1 Å². The zero-order chi connectivity index (χ0) is 30.9. The van der Waals surface area contributed by atoms with Crippen molar-refractivity contribution in [3.8, 4) is 21.6 Å². The summed E-state index contributed by atoms with van der Waals surface area (Å²) in [5.74, 6) is -0.274. The highest BCUT2D eigenvalue weighted by Gasteiger charge is 2.35. The first kappa shape index (κ1) is 30.0. The van der Waals surface area contributed by atoms with Crippen LogP contribution in [0.15, 0.2) is 66.9 Å². The summed E-state index contributed by atoms with van der Waals surface area (Å²) in [6.07, 6.45) is -1.11. The fourth-order valence-corrected chi connectivity index (χ4v) is 6.01. The van der Waals surface area contributed by atoms with E-state index in [1.54, 1.807) is 49.4 Å².